The molecule has 0 aliphatic carbocycles. The largest absolute Gasteiger partial charge is 0.496 e. The minimum atomic E-state index is -1.42. The standard InChI is InChI=1S/C12H13ClINO5/c1-19-10-4-8(14)7(13)3-6(10)11(17)15-5-9(16)12(18)20-2/h3-4,9,16H,5H2,1-2H3,(H,15,17). The van der Waals surface area contributed by atoms with Crippen LogP contribution in [0.15, 0.2) is 12.1 Å². The highest BCUT2D eigenvalue weighted by Gasteiger charge is 2.19. The van der Waals surface area contributed by atoms with Gasteiger partial charge in [0.25, 0.3) is 5.91 Å². The number of nitrogens with one attached hydrogen (secondary N) is 1. The van der Waals surface area contributed by atoms with Gasteiger partial charge in [-0.05, 0) is 34.7 Å². The first-order chi connectivity index (χ1) is 9.40. The fourth-order valence-corrected chi connectivity index (χ4v) is 1.98. The van der Waals surface area contributed by atoms with Gasteiger partial charge in [0.05, 0.1) is 31.4 Å². The zero-order valence-electron chi connectivity index (χ0n) is 10.8. The Morgan fingerprint density at radius 2 is 2.10 bits per heavy atom. The molecule has 0 fully saturated rings. The van der Waals surface area contributed by atoms with Gasteiger partial charge in [0.1, 0.15) is 5.75 Å². The molecule has 0 spiro atoms. The number of amides is 1. The summed E-state index contributed by atoms with van der Waals surface area (Å²) < 4.78 is 10.2. The molecule has 8 heteroatoms. The van der Waals surface area contributed by atoms with Gasteiger partial charge < -0.3 is 19.9 Å². The molecule has 1 rings (SSSR count). The predicted molar refractivity (Wildman–Crippen MR) is 81.1 cm³/mol. The first kappa shape index (κ1) is 17.0. The van der Waals surface area contributed by atoms with Crippen LogP contribution in [0.3, 0.4) is 0 Å². The van der Waals surface area contributed by atoms with Crippen LogP contribution in [0.4, 0.5) is 0 Å². The van der Waals surface area contributed by atoms with E-state index < -0.39 is 18.0 Å². The summed E-state index contributed by atoms with van der Waals surface area (Å²) in [5, 5.41) is 12.2. The Morgan fingerprint density at radius 1 is 1.45 bits per heavy atom. The molecule has 0 heterocycles. The molecular formula is C12H13ClINO5. The normalized spacial score (nSPS) is 11.7. The smallest absolute Gasteiger partial charge is 0.336 e. The van der Waals surface area contributed by atoms with E-state index in [1.54, 1.807) is 6.07 Å². The van der Waals surface area contributed by atoms with Crippen LogP contribution in [0, 0.1) is 3.57 Å². The van der Waals surface area contributed by atoms with Crippen LogP contribution in [0.5, 0.6) is 5.75 Å². The Balaban J connectivity index is 2.82. The lowest BCUT2D eigenvalue weighted by molar-refractivity contribution is -0.149. The van der Waals surface area contributed by atoms with E-state index in [-0.39, 0.29) is 12.1 Å². The summed E-state index contributed by atoms with van der Waals surface area (Å²) in [6, 6.07) is 3.08. The van der Waals surface area contributed by atoms with Gasteiger partial charge in [-0.1, -0.05) is 11.6 Å². The first-order valence-corrected chi connectivity index (χ1v) is 6.93. The number of aliphatic hydroxyl groups excluding tert-OH is 1. The van der Waals surface area contributed by atoms with Crippen molar-refractivity contribution in [3.05, 3.63) is 26.3 Å². The molecule has 1 unspecified atom stereocenters. The molecule has 1 amide bonds. The molecule has 20 heavy (non-hydrogen) atoms. The zero-order chi connectivity index (χ0) is 15.3. The van der Waals surface area contributed by atoms with Gasteiger partial charge >= 0.3 is 5.97 Å². The maximum absolute atomic E-state index is 12.0. The minimum absolute atomic E-state index is 0.218. The second kappa shape index (κ2) is 7.65. The number of rotatable bonds is 5. The summed E-state index contributed by atoms with van der Waals surface area (Å²) in [7, 11) is 2.58. The number of carbonyl (C=O) groups excluding carboxylic acids is 2. The van der Waals surface area contributed by atoms with Crippen molar-refractivity contribution in [2.75, 3.05) is 20.8 Å². The van der Waals surface area contributed by atoms with Crippen molar-refractivity contribution < 1.29 is 24.2 Å². The molecule has 1 aromatic rings. The van der Waals surface area contributed by atoms with Crippen LogP contribution in [0.1, 0.15) is 10.4 Å². The van der Waals surface area contributed by atoms with Crippen molar-refractivity contribution in [3.8, 4) is 5.75 Å². The highest BCUT2D eigenvalue weighted by atomic mass is 127. The quantitative estimate of drug-likeness (QED) is 0.560. The summed E-state index contributed by atoms with van der Waals surface area (Å²) in [4.78, 5) is 23.0. The first-order valence-electron chi connectivity index (χ1n) is 5.47. The maximum atomic E-state index is 12.0. The summed E-state index contributed by atoms with van der Waals surface area (Å²) in [6.07, 6.45) is -1.42. The van der Waals surface area contributed by atoms with Crippen LogP contribution < -0.4 is 10.1 Å². The lowest BCUT2D eigenvalue weighted by atomic mass is 10.2. The van der Waals surface area contributed by atoms with Crippen LogP contribution in [0.25, 0.3) is 0 Å². The fourth-order valence-electron chi connectivity index (χ4n) is 1.38. The third-order valence-electron chi connectivity index (χ3n) is 2.42. The van der Waals surface area contributed by atoms with E-state index in [0.29, 0.717) is 10.8 Å². The van der Waals surface area contributed by atoms with Gasteiger partial charge in [0.2, 0.25) is 0 Å². The lowest BCUT2D eigenvalue weighted by Gasteiger charge is -2.12. The van der Waals surface area contributed by atoms with Crippen LogP contribution in [0.2, 0.25) is 5.02 Å². The van der Waals surface area contributed by atoms with E-state index in [1.807, 2.05) is 22.6 Å². The van der Waals surface area contributed by atoms with Gasteiger partial charge in [-0.15, -0.1) is 0 Å². The molecule has 0 aromatic heterocycles. The molecule has 1 aromatic carbocycles. The Morgan fingerprint density at radius 3 is 2.65 bits per heavy atom. The molecule has 0 saturated heterocycles. The third kappa shape index (κ3) is 4.22. The number of esters is 1. The van der Waals surface area contributed by atoms with Crippen molar-refractivity contribution in [1.82, 2.24) is 5.32 Å². The van der Waals surface area contributed by atoms with Crippen LogP contribution in [-0.4, -0.2) is 43.9 Å². The second-order valence-corrected chi connectivity index (χ2v) is 5.28. The molecule has 1 atom stereocenters. The summed E-state index contributed by atoms with van der Waals surface area (Å²) in [6.45, 7) is -0.266. The number of halogens is 2. The second-order valence-electron chi connectivity index (χ2n) is 3.72. The third-order valence-corrected chi connectivity index (χ3v) is 3.94. The zero-order valence-corrected chi connectivity index (χ0v) is 13.7. The van der Waals surface area contributed by atoms with Crippen molar-refractivity contribution >= 4 is 46.1 Å². The van der Waals surface area contributed by atoms with E-state index in [4.69, 9.17) is 16.3 Å². The summed E-state index contributed by atoms with van der Waals surface area (Å²) in [5.74, 6) is -0.982. The van der Waals surface area contributed by atoms with Crippen molar-refractivity contribution in [1.29, 1.82) is 0 Å². The Kier molecular flexibility index (Phi) is 6.50. The highest BCUT2D eigenvalue weighted by molar-refractivity contribution is 14.1. The number of benzene rings is 1. The molecule has 2 N–H and O–H groups in total. The molecule has 0 aliphatic rings. The van der Waals surface area contributed by atoms with Gasteiger partial charge in [-0.2, -0.15) is 0 Å². The average molecular weight is 414 g/mol. The summed E-state index contributed by atoms with van der Waals surface area (Å²) in [5.41, 5.74) is 0.218. The van der Waals surface area contributed by atoms with Crippen molar-refractivity contribution in [2.45, 2.75) is 6.10 Å². The maximum Gasteiger partial charge on any atom is 0.336 e. The minimum Gasteiger partial charge on any atom is -0.496 e. The predicted octanol–water partition coefficient (Wildman–Crippen LogP) is 1.22. The highest BCUT2D eigenvalue weighted by Crippen LogP contribution is 2.28. The van der Waals surface area contributed by atoms with E-state index in [0.717, 1.165) is 10.7 Å². The van der Waals surface area contributed by atoms with Crippen molar-refractivity contribution in [3.63, 3.8) is 0 Å². The van der Waals surface area contributed by atoms with E-state index in [1.165, 1.54) is 13.2 Å². The monoisotopic (exact) mass is 413 g/mol. The van der Waals surface area contributed by atoms with Crippen LogP contribution >= 0.6 is 34.2 Å². The number of hydrogen-bond acceptors (Lipinski definition) is 5. The Labute approximate surface area is 134 Å². The average Bonchev–Trinajstić information content (AvgIpc) is 2.45. The van der Waals surface area contributed by atoms with E-state index in [9.17, 15) is 14.7 Å². The Bertz CT molecular complexity index is 523. The number of aliphatic hydroxyl groups is 1. The number of ether oxygens (including phenoxy) is 2. The fraction of sp³-hybridized carbons (Fsp3) is 0.333. The van der Waals surface area contributed by atoms with E-state index in [2.05, 4.69) is 10.1 Å². The van der Waals surface area contributed by atoms with Gasteiger partial charge in [-0.3, -0.25) is 4.79 Å². The number of carbonyl (C=O) groups is 2. The topological polar surface area (TPSA) is 84.9 Å². The van der Waals surface area contributed by atoms with Gasteiger partial charge in [-0.25, -0.2) is 4.79 Å². The molecule has 6 nitrogen and oxygen atoms in total. The lowest BCUT2D eigenvalue weighted by Crippen LogP contribution is -2.37. The molecule has 0 radical (unpaired) electrons. The number of methoxy groups -OCH3 is 2. The SMILES string of the molecule is COC(=O)C(O)CNC(=O)c1cc(Cl)c(I)cc1OC. The molecule has 0 bridgehead atoms. The molecule has 0 aliphatic heterocycles. The van der Waals surface area contributed by atoms with Crippen molar-refractivity contribution in [2.24, 2.45) is 0 Å². The molecule has 110 valence electrons. The van der Waals surface area contributed by atoms with Gasteiger partial charge in [0, 0.05) is 3.57 Å². The van der Waals surface area contributed by atoms with Gasteiger partial charge in [0.15, 0.2) is 6.10 Å². The van der Waals surface area contributed by atoms with E-state index >= 15 is 0 Å². The molecular weight excluding hydrogens is 400 g/mol. The van der Waals surface area contributed by atoms with Crippen LogP contribution in [-0.2, 0) is 9.53 Å². The summed E-state index contributed by atoms with van der Waals surface area (Å²) >= 11 is 7.97. The Hall–Kier alpha value is -1.06. The molecule has 0 saturated carbocycles. The number of hydrogen-bond donors (Lipinski definition) is 2.